The number of hydrogen-bond acceptors (Lipinski definition) is 3. The van der Waals surface area contributed by atoms with Gasteiger partial charge in [-0.05, 0) is 24.3 Å². The topological polar surface area (TPSA) is 59.4 Å². The van der Waals surface area contributed by atoms with E-state index in [1.54, 1.807) is 12.1 Å². The number of rotatable bonds is 3. The number of aromatic carboxylic acids is 1. The van der Waals surface area contributed by atoms with Gasteiger partial charge in [-0.25, -0.2) is 9.78 Å². The molecular formula is C13H8Cl3NO3. The Balaban J connectivity index is 2.63. The summed E-state index contributed by atoms with van der Waals surface area (Å²) in [5, 5.41) is 9.94. The summed E-state index contributed by atoms with van der Waals surface area (Å²) in [7, 11) is 1.39. The van der Waals surface area contributed by atoms with Gasteiger partial charge in [0.1, 0.15) is 0 Å². The molecule has 104 valence electrons. The van der Waals surface area contributed by atoms with Crippen LogP contribution in [0.2, 0.25) is 15.1 Å². The van der Waals surface area contributed by atoms with Gasteiger partial charge < -0.3 is 9.84 Å². The lowest BCUT2D eigenvalue weighted by Gasteiger charge is -2.11. The van der Waals surface area contributed by atoms with Crippen LogP contribution in [0.3, 0.4) is 0 Å². The molecule has 0 aliphatic carbocycles. The maximum atomic E-state index is 10.9. The Labute approximate surface area is 129 Å². The Morgan fingerprint density at radius 2 is 1.75 bits per heavy atom. The monoisotopic (exact) mass is 331 g/mol. The molecule has 0 amide bonds. The van der Waals surface area contributed by atoms with E-state index in [4.69, 9.17) is 44.6 Å². The molecule has 2 aromatic rings. The van der Waals surface area contributed by atoms with Crippen molar-refractivity contribution in [3.63, 3.8) is 0 Å². The molecule has 4 nitrogen and oxygen atoms in total. The highest BCUT2D eigenvalue weighted by Gasteiger charge is 2.16. The van der Waals surface area contributed by atoms with Gasteiger partial charge in [-0.2, -0.15) is 0 Å². The number of carboxylic acid groups (broad SMARTS) is 1. The molecule has 0 aliphatic rings. The van der Waals surface area contributed by atoms with Gasteiger partial charge in [0.2, 0.25) is 5.88 Å². The molecule has 1 heterocycles. The van der Waals surface area contributed by atoms with E-state index in [1.807, 2.05) is 0 Å². The quantitative estimate of drug-likeness (QED) is 0.845. The van der Waals surface area contributed by atoms with Crippen LogP contribution in [0, 0.1) is 0 Å². The lowest BCUT2D eigenvalue weighted by atomic mass is 10.1. The van der Waals surface area contributed by atoms with Crippen LogP contribution in [-0.2, 0) is 0 Å². The average Bonchev–Trinajstić information content (AvgIpc) is 2.42. The largest absolute Gasteiger partial charge is 0.481 e. The Morgan fingerprint density at radius 1 is 1.10 bits per heavy atom. The van der Waals surface area contributed by atoms with E-state index in [0.29, 0.717) is 26.2 Å². The summed E-state index contributed by atoms with van der Waals surface area (Å²) in [6.07, 6.45) is 0. The molecule has 0 unspecified atom stereocenters. The van der Waals surface area contributed by atoms with Gasteiger partial charge in [-0.1, -0.05) is 34.8 Å². The van der Waals surface area contributed by atoms with Crippen molar-refractivity contribution in [1.29, 1.82) is 0 Å². The van der Waals surface area contributed by atoms with Crippen molar-refractivity contribution in [2.75, 3.05) is 7.11 Å². The fourth-order valence-corrected chi connectivity index (χ4v) is 2.30. The lowest BCUT2D eigenvalue weighted by Crippen LogP contribution is -2.02. The lowest BCUT2D eigenvalue weighted by molar-refractivity contribution is 0.0689. The predicted molar refractivity (Wildman–Crippen MR) is 78.2 cm³/mol. The van der Waals surface area contributed by atoms with Crippen LogP contribution in [0.25, 0.3) is 11.1 Å². The standard InChI is InChI=1S/C13H8Cl3NO3/c1-20-12-6(2-3-11(17-12)13(18)19)7-4-9(15)10(16)5-8(7)14/h2-5H,1H3,(H,18,19). The highest BCUT2D eigenvalue weighted by Crippen LogP contribution is 2.38. The molecule has 0 aliphatic heterocycles. The first-order valence-corrected chi connectivity index (χ1v) is 6.50. The van der Waals surface area contributed by atoms with Gasteiger partial charge in [-0.3, -0.25) is 0 Å². The van der Waals surface area contributed by atoms with Crippen LogP contribution >= 0.6 is 34.8 Å². The fourth-order valence-electron chi connectivity index (χ4n) is 1.65. The molecule has 1 aromatic carbocycles. The summed E-state index contributed by atoms with van der Waals surface area (Å²) in [4.78, 5) is 14.8. The van der Waals surface area contributed by atoms with Crippen molar-refractivity contribution in [2.24, 2.45) is 0 Å². The molecular weight excluding hydrogens is 325 g/mol. The molecule has 0 fully saturated rings. The van der Waals surface area contributed by atoms with Gasteiger partial charge in [0.05, 0.1) is 22.2 Å². The number of hydrogen-bond donors (Lipinski definition) is 1. The SMILES string of the molecule is COc1nc(C(=O)O)ccc1-c1cc(Cl)c(Cl)cc1Cl. The van der Waals surface area contributed by atoms with E-state index in [2.05, 4.69) is 4.98 Å². The second-order valence-corrected chi connectivity index (χ2v) is 5.03. The molecule has 1 N–H and O–H groups in total. The Bertz CT molecular complexity index is 689. The second kappa shape index (κ2) is 5.87. The van der Waals surface area contributed by atoms with Gasteiger partial charge in [0, 0.05) is 11.1 Å². The molecule has 0 saturated carbocycles. The Morgan fingerprint density at radius 3 is 2.35 bits per heavy atom. The second-order valence-electron chi connectivity index (χ2n) is 3.80. The minimum atomic E-state index is -1.14. The number of benzene rings is 1. The Kier molecular flexibility index (Phi) is 4.38. The normalized spacial score (nSPS) is 10.4. The van der Waals surface area contributed by atoms with Crippen molar-refractivity contribution in [3.8, 4) is 17.0 Å². The minimum Gasteiger partial charge on any atom is -0.481 e. The first-order chi connectivity index (χ1) is 9.43. The highest BCUT2D eigenvalue weighted by atomic mass is 35.5. The highest BCUT2D eigenvalue weighted by molar-refractivity contribution is 6.44. The third-order valence-electron chi connectivity index (χ3n) is 2.57. The maximum Gasteiger partial charge on any atom is 0.354 e. The third kappa shape index (κ3) is 2.82. The summed E-state index contributed by atoms with van der Waals surface area (Å²) < 4.78 is 5.11. The van der Waals surface area contributed by atoms with E-state index in [9.17, 15) is 4.79 Å². The number of carboxylic acids is 1. The van der Waals surface area contributed by atoms with Crippen LogP contribution in [0.1, 0.15) is 10.5 Å². The van der Waals surface area contributed by atoms with Crippen LogP contribution in [0.15, 0.2) is 24.3 Å². The fraction of sp³-hybridized carbons (Fsp3) is 0.0769. The van der Waals surface area contributed by atoms with Gasteiger partial charge in [0.25, 0.3) is 0 Å². The summed E-state index contributed by atoms with van der Waals surface area (Å²) in [5.41, 5.74) is 0.963. The summed E-state index contributed by atoms with van der Waals surface area (Å²) in [5.74, 6) is -1.000. The number of ether oxygens (including phenoxy) is 1. The molecule has 0 radical (unpaired) electrons. The molecule has 0 atom stereocenters. The zero-order chi connectivity index (χ0) is 14.9. The Hall–Kier alpha value is -1.49. The van der Waals surface area contributed by atoms with Crippen molar-refractivity contribution in [3.05, 3.63) is 45.0 Å². The van der Waals surface area contributed by atoms with Crippen molar-refractivity contribution < 1.29 is 14.6 Å². The summed E-state index contributed by atoms with van der Waals surface area (Å²) in [6, 6.07) is 6.00. The minimum absolute atomic E-state index is 0.123. The van der Waals surface area contributed by atoms with E-state index >= 15 is 0 Å². The zero-order valence-electron chi connectivity index (χ0n) is 10.2. The molecule has 20 heavy (non-hydrogen) atoms. The number of carbonyl (C=O) groups is 1. The number of nitrogens with zero attached hydrogens (tertiary/aromatic N) is 1. The zero-order valence-corrected chi connectivity index (χ0v) is 12.4. The first kappa shape index (κ1) is 14.9. The van der Waals surface area contributed by atoms with Crippen LogP contribution in [0.4, 0.5) is 0 Å². The van der Waals surface area contributed by atoms with Crippen molar-refractivity contribution in [1.82, 2.24) is 4.98 Å². The molecule has 0 spiro atoms. The smallest absolute Gasteiger partial charge is 0.354 e. The van der Waals surface area contributed by atoms with Crippen LogP contribution in [0.5, 0.6) is 5.88 Å². The molecule has 7 heteroatoms. The molecule has 1 aromatic heterocycles. The number of pyridine rings is 1. The summed E-state index contributed by atoms with van der Waals surface area (Å²) >= 11 is 18.0. The predicted octanol–water partition coefficient (Wildman–Crippen LogP) is 4.42. The summed E-state index contributed by atoms with van der Waals surface area (Å²) in [6.45, 7) is 0. The van der Waals surface area contributed by atoms with Crippen molar-refractivity contribution in [2.45, 2.75) is 0 Å². The average molecular weight is 333 g/mol. The number of aromatic nitrogens is 1. The van der Waals surface area contributed by atoms with Gasteiger partial charge in [-0.15, -0.1) is 0 Å². The van der Waals surface area contributed by atoms with E-state index in [1.165, 1.54) is 19.2 Å². The van der Waals surface area contributed by atoms with E-state index in [-0.39, 0.29) is 11.6 Å². The third-order valence-corrected chi connectivity index (χ3v) is 3.61. The van der Waals surface area contributed by atoms with Crippen LogP contribution in [-0.4, -0.2) is 23.2 Å². The van der Waals surface area contributed by atoms with Crippen LogP contribution < -0.4 is 4.74 Å². The molecule has 0 saturated heterocycles. The molecule has 0 bridgehead atoms. The molecule has 2 rings (SSSR count). The van der Waals surface area contributed by atoms with Crippen molar-refractivity contribution >= 4 is 40.8 Å². The van der Waals surface area contributed by atoms with Gasteiger partial charge in [0.15, 0.2) is 5.69 Å². The number of methoxy groups -OCH3 is 1. The van der Waals surface area contributed by atoms with E-state index in [0.717, 1.165) is 0 Å². The first-order valence-electron chi connectivity index (χ1n) is 5.37. The maximum absolute atomic E-state index is 10.9. The van der Waals surface area contributed by atoms with E-state index < -0.39 is 5.97 Å². The van der Waals surface area contributed by atoms with Gasteiger partial charge >= 0.3 is 5.97 Å². The number of halogens is 3.